The number of aliphatic imine (C=N–C) groups is 1. The van der Waals surface area contributed by atoms with E-state index in [-0.39, 0.29) is 5.95 Å². The van der Waals surface area contributed by atoms with E-state index in [1.54, 1.807) is 13.3 Å². The van der Waals surface area contributed by atoms with Gasteiger partial charge in [0.2, 0.25) is 11.8 Å². The maximum Gasteiger partial charge on any atom is 0.433 e. The molecule has 3 rings (SSSR count). The van der Waals surface area contributed by atoms with E-state index in [2.05, 4.69) is 35.9 Å². The highest BCUT2D eigenvalue weighted by molar-refractivity contribution is 5.79. The van der Waals surface area contributed by atoms with Gasteiger partial charge in [0, 0.05) is 31.9 Å². The topological polar surface area (TPSA) is 100 Å². The molecule has 0 aliphatic heterocycles. The smallest absolute Gasteiger partial charge is 0.433 e. The van der Waals surface area contributed by atoms with Crippen LogP contribution in [-0.2, 0) is 12.7 Å². The van der Waals surface area contributed by atoms with Crippen molar-refractivity contribution in [3.05, 3.63) is 60.2 Å². The first-order chi connectivity index (χ1) is 14.5. The minimum Gasteiger partial charge on any atom is -0.444 e. The Morgan fingerprint density at radius 2 is 1.87 bits per heavy atom. The number of hydrogen-bond acceptors (Lipinski definition) is 6. The van der Waals surface area contributed by atoms with Crippen molar-refractivity contribution >= 4 is 11.9 Å². The van der Waals surface area contributed by atoms with Crippen LogP contribution in [0.15, 0.2) is 58.3 Å². The molecule has 2 heterocycles. The molecule has 0 amide bonds. The summed E-state index contributed by atoms with van der Waals surface area (Å²) in [7, 11) is 1.61. The zero-order chi connectivity index (χ0) is 21.4. The molecule has 0 bridgehead atoms. The summed E-state index contributed by atoms with van der Waals surface area (Å²) in [5, 5.41) is 8.86. The van der Waals surface area contributed by atoms with Gasteiger partial charge in [-0.3, -0.25) is 4.99 Å². The molecular formula is C19H20F3N7O. The van der Waals surface area contributed by atoms with Gasteiger partial charge in [-0.15, -0.1) is 0 Å². The van der Waals surface area contributed by atoms with Crippen molar-refractivity contribution in [2.45, 2.75) is 12.7 Å². The lowest BCUT2D eigenvalue weighted by Crippen LogP contribution is -2.39. The van der Waals surface area contributed by atoms with E-state index < -0.39 is 11.9 Å². The number of nitrogens with one attached hydrogen (secondary N) is 3. The number of oxazole rings is 1. The van der Waals surface area contributed by atoms with E-state index >= 15 is 0 Å². The second kappa shape index (κ2) is 9.72. The maximum absolute atomic E-state index is 12.7. The average Bonchev–Trinajstić information content (AvgIpc) is 3.22. The molecule has 0 atom stereocenters. The van der Waals surface area contributed by atoms with Gasteiger partial charge >= 0.3 is 6.18 Å². The minimum atomic E-state index is -4.51. The zero-order valence-corrected chi connectivity index (χ0v) is 16.1. The van der Waals surface area contributed by atoms with Crippen molar-refractivity contribution < 1.29 is 17.6 Å². The second-order valence-electron chi connectivity index (χ2n) is 6.05. The quantitative estimate of drug-likeness (QED) is 0.308. The van der Waals surface area contributed by atoms with Crippen LogP contribution in [-0.4, -0.2) is 41.0 Å². The van der Waals surface area contributed by atoms with Crippen LogP contribution in [0.25, 0.3) is 11.5 Å². The SMILES string of the molecule is CN=C(NCCNc1nccc(C(F)(F)F)n1)NCc1coc(-c2ccccc2)n1. The number of alkyl halides is 3. The number of benzene rings is 1. The standard InChI is InChI=1S/C19H20F3N7O/c1-23-17(25-9-10-26-18-24-8-7-15(29-18)19(20,21)22)27-11-14-12-30-16(28-14)13-5-3-2-4-6-13/h2-8,12H,9-11H2,1H3,(H2,23,25,27)(H,24,26,29). The predicted molar refractivity (Wildman–Crippen MR) is 106 cm³/mol. The third-order valence-electron chi connectivity index (χ3n) is 3.88. The average molecular weight is 419 g/mol. The van der Waals surface area contributed by atoms with E-state index in [9.17, 15) is 13.2 Å². The molecule has 1 aromatic carbocycles. The Kier molecular flexibility index (Phi) is 6.83. The molecule has 3 aromatic rings. The van der Waals surface area contributed by atoms with Gasteiger partial charge in [0.05, 0.1) is 12.2 Å². The molecule has 3 N–H and O–H groups in total. The van der Waals surface area contributed by atoms with Gasteiger partial charge in [-0.2, -0.15) is 13.2 Å². The number of nitrogens with zero attached hydrogens (tertiary/aromatic N) is 4. The molecule has 2 aromatic heterocycles. The van der Waals surface area contributed by atoms with Gasteiger partial charge in [0.1, 0.15) is 12.0 Å². The van der Waals surface area contributed by atoms with Crippen molar-refractivity contribution in [3.63, 3.8) is 0 Å². The Balaban J connectivity index is 1.43. The fraction of sp³-hybridized carbons (Fsp3) is 0.263. The summed E-state index contributed by atoms with van der Waals surface area (Å²) in [6.45, 7) is 1.07. The van der Waals surface area contributed by atoms with E-state index in [0.717, 1.165) is 17.8 Å². The van der Waals surface area contributed by atoms with E-state index in [1.165, 1.54) is 0 Å². The lowest BCUT2D eigenvalue weighted by molar-refractivity contribution is -0.141. The van der Waals surface area contributed by atoms with E-state index in [1.807, 2.05) is 30.3 Å². The monoisotopic (exact) mass is 419 g/mol. The summed E-state index contributed by atoms with van der Waals surface area (Å²) < 4.78 is 43.5. The summed E-state index contributed by atoms with van der Waals surface area (Å²) in [4.78, 5) is 15.7. The van der Waals surface area contributed by atoms with Crippen molar-refractivity contribution in [1.29, 1.82) is 0 Å². The third kappa shape index (κ3) is 5.93. The van der Waals surface area contributed by atoms with Crippen molar-refractivity contribution in [1.82, 2.24) is 25.6 Å². The molecule has 11 heteroatoms. The lowest BCUT2D eigenvalue weighted by Gasteiger charge is -2.12. The highest BCUT2D eigenvalue weighted by Crippen LogP contribution is 2.27. The molecule has 30 heavy (non-hydrogen) atoms. The van der Waals surface area contributed by atoms with Crippen LogP contribution in [0, 0.1) is 0 Å². The van der Waals surface area contributed by atoms with Crippen molar-refractivity contribution in [2.75, 3.05) is 25.5 Å². The summed E-state index contributed by atoms with van der Waals surface area (Å²) in [5.74, 6) is 0.942. The predicted octanol–water partition coefficient (Wildman–Crippen LogP) is 2.93. The fourth-order valence-electron chi connectivity index (χ4n) is 2.45. The van der Waals surface area contributed by atoms with Crippen LogP contribution in [0.5, 0.6) is 0 Å². The molecule has 0 radical (unpaired) electrons. The molecule has 0 aliphatic rings. The number of rotatable bonds is 7. The number of guanidine groups is 1. The fourth-order valence-corrected chi connectivity index (χ4v) is 2.45. The van der Waals surface area contributed by atoms with E-state index in [4.69, 9.17) is 4.42 Å². The Hall–Kier alpha value is -3.63. The van der Waals surface area contributed by atoms with Crippen LogP contribution >= 0.6 is 0 Å². The molecule has 0 unspecified atom stereocenters. The van der Waals surface area contributed by atoms with Gasteiger partial charge < -0.3 is 20.4 Å². The third-order valence-corrected chi connectivity index (χ3v) is 3.88. The number of aromatic nitrogens is 3. The molecule has 0 saturated heterocycles. The van der Waals surface area contributed by atoms with Crippen LogP contribution in [0.4, 0.5) is 19.1 Å². The van der Waals surface area contributed by atoms with Gasteiger partial charge in [0.25, 0.3) is 0 Å². The van der Waals surface area contributed by atoms with Crippen LogP contribution in [0.3, 0.4) is 0 Å². The van der Waals surface area contributed by atoms with Crippen molar-refractivity contribution in [3.8, 4) is 11.5 Å². The lowest BCUT2D eigenvalue weighted by atomic mass is 10.2. The number of halogens is 3. The van der Waals surface area contributed by atoms with Gasteiger partial charge in [0.15, 0.2) is 5.96 Å². The van der Waals surface area contributed by atoms with E-state index in [0.29, 0.717) is 37.2 Å². The molecule has 0 saturated carbocycles. The molecule has 0 aliphatic carbocycles. The first-order valence-electron chi connectivity index (χ1n) is 9.04. The molecule has 0 fully saturated rings. The zero-order valence-electron chi connectivity index (χ0n) is 16.1. The van der Waals surface area contributed by atoms with Crippen LogP contribution < -0.4 is 16.0 Å². The number of anilines is 1. The molecule has 8 nitrogen and oxygen atoms in total. The summed E-state index contributed by atoms with van der Waals surface area (Å²) in [6, 6.07) is 10.4. The molecule has 158 valence electrons. The highest BCUT2D eigenvalue weighted by atomic mass is 19.4. The summed E-state index contributed by atoms with van der Waals surface area (Å²) >= 11 is 0. The van der Waals surface area contributed by atoms with Crippen LogP contribution in [0.1, 0.15) is 11.4 Å². The normalized spacial score (nSPS) is 11.9. The second-order valence-corrected chi connectivity index (χ2v) is 6.05. The van der Waals surface area contributed by atoms with Gasteiger partial charge in [-0.25, -0.2) is 15.0 Å². The minimum absolute atomic E-state index is 0.0920. The Bertz CT molecular complexity index is 974. The van der Waals surface area contributed by atoms with Crippen LogP contribution in [0.2, 0.25) is 0 Å². The molecular weight excluding hydrogens is 399 g/mol. The maximum atomic E-state index is 12.7. The number of hydrogen-bond donors (Lipinski definition) is 3. The first-order valence-corrected chi connectivity index (χ1v) is 9.04. The summed E-state index contributed by atoms with van der Waals surface area (Å²) in [5.41, 5.74) is 0.592. The van der Waals surface area contributed by atoms with Gasteiger partial charge in [-0.1, -0.05) is 18.2 Å². The van der Waals surface area contributed by atoms with Crippen molar-refractivity contribution in [2.24, 2.45) is 4.99 Å². The first kappa shape index (κ1) is 21.1. The largest absolute Gasteiger partial charge is 0.444 e. The van der Waals surface area contributed by atoms with Gasteiger partial charge in [-0.05, 0) is 18.2 Å². The Morgan fingerprint density at radius 1 is 1.07 bits per heavy atom. The Labute approximate surface area is 170 Å². The highest BCUT2D eigenvalue weighted by Gasteiger charge is 2.32. The Morgan fingerprint density at radius 3 is 2.60 bits per heavy atom. The summed E-state index contributed by atoms with van der Waals surface area (Å²) in [6.07, 6.45) is -1.88. The molecule has 0 spiro atoms.